The first-order chi connectivity index (χ1) is 10.2. The Hall–Kier alpha value is -2.16. The van der Waals surface area contributed by atoms with E-state index in [9.17, 15) is 9.18 Å². The Labute approximate surface area is 123 Å². The van der Waals surface area contributed by atoms with Crippen LogP contribution in [0.3, 0.4) is 0 Å². The van der Waals surface area contributed by atoms with Gasteiger partial charge in [-0.05, 0) is 55.2 Å². The van der Waals surface area contributed by atoms with Crippen LogP contribution in [0, 0.1) is 11.7 Å². The second-order valence-corrected chi connectivity index (χ2v) is 5.29. The molecule has 0 aliphatic heterocycles. The maximum Gasteiger partial charge on any atom is 0.166 e. The van der Waals surface area contributed by atoms with Crippen molar-refractivity contribution in [3.8, 4) is 5.75 Å². The van der Waals surface area contributed by atoms with Crippen LogP contribution in [0.25, 0.3) is 0 Å². The number of carbonyl (C=O) groups excluding carboxylic acids is 1. The quantitative estimate of drug-likeness (QED) is 0.769. The van der Waals surface area contributed by atoms with E-state index < -0.39 is 0 Å². The highest BCUT2D eigenvalue weighted by Crippen LogP contribution is 2.51. The number of rotatable bonds is 5. The number of carbonyl (C=O) groups is 1. The minimum atomic E-state index is -0.319. The standard InChI is InChI=1S/C18H17FO2/c1-2-21-17-6-4-3-5-14(17)15-11-16(15)18(20)12-7-9-13(19)10-8-12/h3-10,15-16H,2,11H2,1H3. The molecule has 2 aromatic rings. The highest BCUT2D eigenvalue weighted by atomic mass is 19.1. The van der Waals surface area contributed by atoms with E-state index in [2.05, 4.69) is 0 Å². The Balaban J connectivity index is 1.77. The second kappa shape index (κ2) is 5.68. The van der Waals surface area contributed by atoms with Gasteiger partial charge in [-0.3, -0.25) is 4.79 Å². The molecular formula is C18H17FO2. The molecule has 0 bridgehead atoms. The molecule has 2 atom stereocenters. The lowest BCUT2D eigenvalue weighted by Crippen LogP contribution is -2.04. The van der Waals surface area contributed by atoms with Gasteiger partial charge in [0.15, 0.2) is 5.78 Å². The zero-order valence-electron chi connectivity index (χ0n) is 11.9. The summed E-state index contributed by atoms with van der Waals surface area (Å²) >= 11 is 0. The fraction of sp³-hybridized carbons (Fsp3) is 0.278. The number of hydrogen-bond donors (Lipinski definition) is 0. The van der Waals surface area contributed by atoms with Crippen LogP contribution in [0.15, 0.2) is 48.5 Å². The maximum atomic E-state index is 12.9. The number of benzene rings is 2. The molecule has 0 amide bonds. The number of ketones is 1. The molecule has 3 rings (SSSR count). The van der Waals surface area contributed by atoms with E-state index in [0.29, 0.717) is 12.2 Å². The summed E-state index contributed by atoms with van der Waals surface area (Å²) in [6, 6.07) is 13.6. The number of Topliss-reactive ketones (excluding diaryl/α,β-unsaturated/α-hetero) is 1. The van der Waals surface area contributed by atoms with Crippen LogP contribution in [0.5, 0.6) is 5.75 Å². The number of para-hydroxylation sites is 1. The van der Waals surface area contributed by atoms with E-state index >= 15 is 0 Å². The van der Waals surface area contributed by atoms with Gasteiger partial charge in [-0.25, -0.2) is 4.39 Å². The highest BCUT2D eigenvalue weighted by Gasteiger charge is 2.45. The summed E-state index contributed by atoms with van der Waals surface area (Å²) in [6.07, 6.45) is 0.834. The lowest BCUT2D eigenvalue weighted by atomic mass is 10.0. The number of halogens is 1. The largest absolute Gasteiger partial charge is 0.494 e. The van der Waals surface area contributed by atoms with Crippen LogP contribution >= 0.6 is 0 Å². The molecular weight excluding hydrogens is 267 g/mol. The summed E-state index contributed by atoms with van der Waals surface area (Å²) in [4.78, 5) is 12.4. The van der Waals surface area contributed by atoms with E-state index in [0.717, 1.165) is 17.7 Å². The lowest BCUT2D eigenvalue weighted by molar-refractivity contribution is 0.0965. The first kappa shape index (κ1) is 13.8. The Morgan fingerprint density at radius 2 is 1.90 bits per heavy atom. The highest BCUT2D eigenvalue weighted by molar-refractivity contribution is 6.00. The topological polar surface area (TPSA) is 26.3 Å². The van der Waals surface area contributed by atoms with Crippen molar-refractivity contribution in [1.82, 2.24) is 0 Å². The minimum Gasteiger partial charge on any atom is -0.494 e. The number of hydrogen-bond acceptors (Lipinski definition) is 2. The van der Waals surface area contributed by atoms with E-state index in [1.54, 1.807) is 12.1 Å². The smallest absolute Gasteiger partial charge is 0.166 e. The third-order valence-electron chi connectivity index (χ3n) is 3.87. The Bertz CT molecular complexity index is 649. The minimum absolute atomic E-state index is 0.0166. The molecule has 108 valence electrons. The van der Waals surface area contributed by atoms with Crippen LogP contribution in [0.1, 0.15) is 35.2 Å². The molecule has 1 saturated carbocycles. The molecule has 0 N–H and O–H groups in total. The van der Waals surface area contributed by atoms with Gasteiger partial charge in [0.25, 0.3) is 0 Å². The van der Waals surface area contributed by atoms with Crippen molar-refractivity contribution in [2.45, 2.75) is 19.3 Å². The van der Waals surface area contributed by atoms with Crippen LogP contribution < -0.4 is 4.74 Å². The van der Waals surface area contributed by atoms with Crippen LogP contribution in [-0.4, -0.2) is 12.4 Å². The predicted octanol–water partition coefficient (Wildman–Crippen LogP) is 4.21. The molecule has 0 heterocycles. The fourth-order valence-corrected chi connectivity index (χ4v) is 2.73. The molecule has 3 heteroatoms. The van der Waals surface area contributed by atoms with Crippen LogP contribution in [0.4, 0.5) is 4.39 Å². The molecule has 1 aliphatic rings. The van der Waals surface area contributed by atoms with Gasteiger partial charge in [-0.15, -0.1) is 0 Å². The Morgan fingerprint density at radius 3 is 2.62 bits per heavy atom. The summed E-state index contributed by atoms with van der Waals surface area (Å²) in [6.45, 7) is 2.56. The zero-order chi connectivity index (χ0) is 14.8. The number of ether oxygens (including phenoxy) is 1. The molecule has 0 aromatic heterocycles. The van der Waals surface area contributed by atoms with Crippen molar-refractivity contribution in [3.63, 3.8) is 0 Å². The average Bonchev–Trinajstić information content (AvgIpc) is 3.29. The average molecular weight is 284 g/mol. The van der Waals surface area contributed by atoms with Crippen LogP contribution in [-0.2, 0) is 0 Å². The lowest BCUT2D eigenvalue weighted by Gasteiger charge is -2.09. The molecule has 0 saturated heterocycles. The maximum absolute atomic E-state index is 12.9. The summed E-state index contributed by atoms with van der Waals surface area (Å²) in [5.41, 5.74) is 1.68. The van der Waals surface area contributed by atoms with E-state index in [-0.39, 0.29) is 23.4 Å². The second-order valence-electron chi connectivity index (χ2n) is 5.29. The predicted molar refractivity (Wildman–Crippen MR) is 79.2 cm³/mol. The monoisotopic (exact) mass is 284 g/mol. The van der Waals surface area contributed by atoms with Gasteiger partial charge in [0, 0.05) is 11.5 Å². The van der Waals surface area contributed by atoms with Crippen molar-refractivity contribution >= 4 is 5.78 Å². The fourth-order valence-electron chi connectivity index (χ4n) is 2.73. The molecule has 21 heavy (non-hydrogen) atoms. The van der Waals surface area contributed by atoms with Gasteiger partial charge in [0.05, 0.1) is 6.61 Å². The third kappa shape index (κ3) is 2.82. The SMILES string of the molecule is CCOc1ccccc1C1CC1C(=O)c1ccc(F)cc1. The van der Waals surface area contributed by atoms with Crippen molar-refractivity contribution < 1.29 is 13.9 Å². The Morgan fingerprint density at radius 1 is 1.19 bits per heavy atom. The summed E-state index contributed by atoms with van der Waals surface area (Å²) in [7, 11) is 0. The van der Waals surface area contributed by atoms with Gasteiger partial charge >= 0.3 is 0 Å². The van der Waals surface area contributed by atoms with Crippen molar-refractivity contribution in [1.29, 1.82) is 0 Å². The summed E-state index contributed by atoms with van der Waals surface area (Å²) in [5, 5.41) is 0. The van der Waals surface area contributed by atoms with Gasteiger partial charge in [0.2, 0.25) is 0 Å². The van der Waals surface area contributed by atoms with Gasteiger partial charge < -0.3 is 4.74 Å². The van der Waals surface area contributed by atoms with Gasteiger partial charge in [-0.1, -0.05) is 18.2 Å². The molecule has 2 aromatic carbocycles. The molecule has 2 nitrogen and oxygen atoms in total. The van der Waals surface area contributed by atoms with E-state index in [4.69, 9.17) is 4.74 Å². The molecule has 2 unspecified atom stereocenters. The first-order valence-electron chi connectivity index (χ1n) is 7.22. The molecule has 1 aliphatic carbocycles. The zero-order valence-corrected chi connectivity index (χ0v) is 11.9. The Kier molecular flexibility index (Phi) is 3.74. The molecule has 1 fully saturated rings. The van der Waals surface area contributed by atoms with E-state index in [1.807, 2.05) is 31.2 Å². The normalized spacial score (nSPS) is 20.1. The van der Waals surface area contributed by atoms with Gasteiger partial charge in [0.1, 0.15) is 11.6 Å². The van der Waals surface area contributed by atoms with Crippen molar-refractivity contribution in [2.75, 3.05) is 6.61 Å². The van der Waals surface area contributed by atoms with Crippen molar-refractivity contribution in [2.24, 2.45) is 5.92 Å². The first-order valence-corrected chi connectivity index (χ1v) is 7.22. The molecule has 0 radical (unpaired) electrons. The van der Waals surface area contributed by atoms with Crippen LogP contribution in [0.2, 0.25) is 0 Å². The summed E-state index contributed by atoms with van der Waals surface area (Å²) < 4.78 is 18.5. The van der Waals surface area contributed by atoms with Gasteiger partial charge in [-0.2, -0.15) is 0 Å². The molecule has 0 spiro atoms. The third-order valence-corrected chi connectivity index (χ3v) is 3.87. The van der Waals surface area contributed by atoms with Crippen molar-refractivity contribution in [3.05, 3.63) is 65.5 Å². The summed E-state index contributed by atoms with van der Waals surface area (Å²) in [5.74, 6) is 0.827. The van der Waals surface area contributed by atoms with E-state index in [1.165, 1.54) is 12.1 Å².